The van der Waals surface area contributed by atoms with E-state index in [1.54, 1.807) is 36.0 Å². The van der Waals surface area contributed by atoms with Gasteiger partial charge in [0.1, 0.15) is 5.69 Å². The Hall–Kier alpha value is -6.00. The number of hydrogen-bond acceptors (Lipinski definition) is 10. The van der Waals surface area contributed by atoms with E-state index in [1.807, 2.05) is 100 Å². The number of anilines is 4. The number of thioether (sulfide) groups is 1. The minimum absolute atomic E-state index is 0.114. The normalized spacial score (nSPS) is 13.5. The first-order valence-corrected chi connectivity index (χ1v) is 23.7. The molecular weight excluding hydrogens is 870 g/mol. The summed E-state index contributed by atoms with van der Waals surface area (Å²) in [5.41, 5.74) is 7.27. The van der Waals surface area contributed by atoms with Crippen molar-refractivity contribution >= 4 is 67.8 Å². The minimum Gasteiger partial charge on any atom is -0.478 e. The van der Waals surface area contributed by atoms with Crippen LogP contribution in [0, 0.1) is 24.0 Å². The average molecular weight is 923 g/mol. The molecule has 1 aliphatic heterocycles. The van der Waals surface area contributed by atoms with Gasteiger partial charge in [-0.25, -0.2) is 13.2 Å². The highest BCUT2D eigenvalue weighted by molar-refractivity contribution is 7.99. The van der Waals surface area contributed by atoms with Gasteiger partial charge in [0, 0.05) is 89.3 Å². The number of piperazine rings is 1. The molecule has 334 valence electrons. The van der Waals surface area contributed by atoms with Crippen LogP contribution in [0.1, 0.15) is 28.0 Å². The van der Waals surface area contributed by atoms with Gasteiger partial charge in [0.05, 0.1) is 21.1 Å². The first kappa shape index (κ1) is 46.0. The van der Waals surface area contributed by atoms with Gasteiger partial charge < -0.3 is 29.7 Å². The van der Waals surface area contributed by atoms with Crippen molar-refractivity contribution in [3.05, 3.63) is 147 Å². The number of nitrogens with zero attached hydrogens (tertiary/aromatic N) is 5. The highest BCUT2D eigenvalue weighted by Gasteiger charge is 2.28. The number of hydrogen-bond donors (Lipinski definition) is 3. The largest absolute Gasteiger partial charge is 0.478 e. The lowest BCUT2D eigenvalue weighted by molar-refractivity contribution is -0.384. The van der Waals surface area contributed by atoms with Gasteiger partial charge >= 0.3 is 5.97 Å². The van der Waals surface area contributed by atoms with Gasteiger partial charge in [-0.2, -0.15) is 0 Å². The Balaban J connectivity index is 1.02. The van der Waals surface area contributed by atoms with Crippen molar-refractivity contribution < 1.29 is 23.2 Å². The summed E-state index contributed by atoms with van der Waals surface area (Å²) in [6, 6.07) is 34.5. The molecule has 7 rings (SSSR count). The first-order chi connectivity index (χ1) is 30.6. The topological polar surface area (TPSA) is 153 Å². The molecule has 6 aromatic rings. The number of nitrogens with one attached hydrogen (secondary N) is 2. The average Bonchev–Trinajstić information content (AvgIpc) is 3.54. The van der Waals surface area contributed by atoms with E-state index >= 15 is 0 Å². The fourth-order valence-electron chi connectivity index (χ4n) is 8.05. The second-order valence-corrected chi connectivity index (χ2v) is 19.4. The third kappa shape index (κ3) is 10.7. The van der Waals surface area contributed by atoms with E-state index < -0.39 is 20.9 Å². The lowest BCUT2D eigenvalue weighted by atomic mass is 9.95. The van der Waals surface area contributed by atoms with Crippen LogP contribution in [0.3, 0.4) is 0 Å². The Labute approximate surface area is 383 Å². The molecule has 3 N–H and O–H groups in total. The monoisotopic (exact) mass is 921 g/mol. The highest BCUT2D eigenvalue weighted by atomic mass is 35.5. The van der Waals surface area contributed by atoms with Crippen LogP contribution in [0.2, 0.25) is 5.02 Å². The second-order valence-electron chi connectivity index (χ2n) is 16.2. The van der Waals surface area contributed by atoms with Crippen molar-refractivity contribution in [3.8, 4) is 22.4 Å². The SMILES string of the molecule is Cc1cc(-c2c(C(=O)O)c(C)n(C)c2-c2ccc(Cl)cc2)cc(N2CCN(c3ccc(NS(=O)(=O)c4ccc(N[C@H](CCN(C)C)CSc5ccccc5)c([N+](=O)[O-])c4)cc3)CC2)c1. The molecule has 0 saturated carbocycles. The summed E-state index contributed by atoms with van der Waals surface area (Å²) in [6.45, 7) is 7.40. The Morgan fingerprint density at radius 3 is 2.16 bits per heavy atom. The smallest absolute Gasteiger partial charge is 0.338 e. The second kappa shape index (κ2) is 19.8. The third-order valence-electron chi connectivity index (χ3n) is 11.5. The van der Waals surface area contributed by atoms with Gasteiger partial charge in [0.25, 0.3) is 15.7 Å². The number of carboxylic acid groups (broad SMARTS) is 1. The number of halogens is 1. The van der Waals surface area contributed by atoms with Crippen LogP contribution in [0.5, 0.6) is 0 Å². The summed E-state index contributed by atoms with van der Waals surface area (Å²) < 4.78 is 31.7. The summed E-state index contributed by atoms with van der Waals surface area (Å²) in [5, 5.41) is 26.6. The van der Waals surface area contributed by atoms with Gasteiger partial charge in [-0.1, -0.05) is 48.0 Å². The zero-order valence-corrected chi connectivity index (χ0v) is 38.8. The number of aryl methyl sites for hydroxylation is 1. The number of carboxylic acids is 1. The molecule has 5 aromatic carbocycles. The number of nitro groups is 1. The van der Waals surface area contributed by atoms with Crippen molar-refractivity contribution in [2.24, 2.45) is 7.05 Å². The van der Waals surface area contributed by atoms with E-state index in [1.165, 1.54) is 12.1 Å². The van der Waals surface area contributed by atoms with Crippen molar-refractivity contribution in [3.63, 3.8) is 0 Å². The first-order valence-electron chi connectivity index (χ1n) is 20.9. The summed E-state index contributed by atoms with van der Waals surface area (Å²) in [5.74, 6) is -0.326. The van der Waals surface area contributed by atoms with Crippen LogP contribution in [-0.4, -0.2) is 92.5 Å². The minimum atomic E-state index is -4.17. The van der Waals surface area contributed by atoms with Crippen molar-refractivity contribution in [1.82, 2.24) is 9.47 Å². The summed E-state index contributed by atoms with van der Waals surface area (Å²) >= 11 is 7.87. The molecule has 16 heteroatoms. The molecule has 1 atom stereocenters. The quantitative estimate of drug-likeness (QED) is 0.0455. The molecule has 0 spiro atoms. The number of carbonyl (C=O) groups is 1. The molecule has 1 saturated heterocycles. The zero-order chi connectivity index (χ0) is 45.7. The molecule has 13 nitrogen and oxygen atoms in total. The fraction of sp³-hybridized carbons (Fsp3) is 0.271. The van der Waals surface area contributed by atoms with E-state index in [2.05, 4.69) is 36.9 Å². The lowest BCUT2D eigenvalue weighted by Crippen LogP contribution is -2.46. The molecule has 1 aliphatic rings. The van der Waals surface area contributed by atoms with E-state index in [0.29, 0.717) is 53.9 Å². The van der Waals surface area contributed by atoms with Crippen molar-refractivity contribution in [1.29, 1.82) is 0 Å². The number of rotatable bonds is 17. The van der Waals surface area contributed by atoms with Crippen LogP contribution < -0.4 is 19.8 Å². The number of aromatic carboxylic acids is 1. The van der Waals surface area contributed by atoms with Gasteiger partial charge in [-0.15, -0.1) is 11.8 Å². The van der Waals surface area contributed by atoms with Crippen LogP contribution in [0.15, 0.2) is 125 Å². The molecule has 1 aromatic heterocycles. The van der Waals surface area contributed by atoms with E-state index in [4.69, 9.17) is 11.6 Å². The Bertz CT molecular complexity index is 2740. The standard InChI is InChI=1S/C48H52ClN7O6S2/c1-32-27-35(46-45(48(57)58)33(2)53(5)47(46)34-11-13-36(49)14-12-34)29-40(28-32)55-25-23-54(24-26-55)39-17-15-37(16-18-39)51-64(61,62)42-19-20-43(44(30-42)56(59)60)50-38(21-22-52(3)4)31-63-41-9-7-6-8-10-41/h6-20,27-30,38,50-51H,21-26,31H2,1-5H3,(H,57,58)/t38-/m1/s1. The van der Waals surface area contributed by atoms with Crippen LogP contribution in [0.4, 0.5) is 28.4 Å². The molecule has 0 unspecified atom stereocenters. The van der Waals surface area contributed by atoms with Crippen LogP contribution in [-0.2, 0) is 17.1 Å². The van der Waals surface area contributed by atoms with E-state index in [9.17, 15) is 28.4 Å². The molecule has 0 amide bonds. The summed E-state index contributed by atoms with van der Waals surface area (Å²) in [6.07, 6.45) is 0.726. The van der Waals surface area contributed by atoms with Crippen LogP contribution in [0.25, 0.3) is 22.4 Å². The molecule has 2 heterocycles. The third-order valence-corrected chi connectivity index (χ3v) is 14.3. The number of benzene rings is 5. The van der Waals surface area contributed by atoms with Gasteiger partial charge in [-0.3, -0.25) is 14.8 Å². The van der Waals surface area contributed by atoms with Gasteiger partial charge in [-0.05, 0) is 130 Å². The number of aromatic nitrogens is 1. The van der Waals surface area contributed by atoms with Crippen molar-refractivity contribution in [2.75, 3.05) is 72.4 Å². The van der Waals surface area contributed by atoms with Gasteiger partial charge in [0.15, 0.2) is 0 Å². The maximum atomic E-state index is 13.6. The predicted octanol–water partition coefficient (Wildman–Crippen LogP) is 9.89. The Kier molecular flexibility index (Phi) is 14.2. The lowest BCUT2D eigenvalue weighted by Gasteiger charge is -2.37. The summed E-state index contributed by atoms with van der Waals surface area (Å²) in [4.78, 5) is 31.9. The van der Waals surface area contributed by atoms with Gasteiger partial charge in [0.2, 0.25) is 0 Å². The summed E-state index contributed by atoms with van der Waals surface area (Å²) in [7, 11) is 1.66. The van der Waals surface area contributed by atoms with E-state index in [0.717, 1.165) is 57.7 Å². The Morgan fingerprint density at radius 2 is 1.53 bits per heavy atom. The zero-order valence-electron chi connectivity index (χ0n) is 36.4. The molecular formula is C48H52ClN7O6S2. The van der Waals surface area contributed by atoms with Crippen molar-refractivity contribution in [2.45, 2.75) is 36.1 Å². The Morgan fingerprint density at radius 1 is 0.875 bits per heavy atom. The number of sulfonamides is 1. The van der Waals surface area contributed by atoms with E-state index in [-0.39, 0.29) is 27.9 Å². The number of nitro benzene ring substituents is 1. The maximum absolute atomic E-state index is 13.6. The predicted molar refractivity (Wildman–Crippen MR) is 260 cm³/mol. The molecule has 0 radical (unpaired) electrons. The molecule has 1 fully saturated rings. The molecule has 0 bridgehead atoms. The maximum Gasteiger partial charge on any atom is 0.338 e. The molecule has 0 aliphatic carbocycles. The fourth-order valence-corrected chi connectivity index (χ4v) is 10.3. The highest BCUT2D eigenvalue weighted by Crippen LogP contribution is 2.41. The molecule has 64 heavy (non-hydrogen) atoms. The van der Waals surface area contributed by atoms with Crippen LogP contribution >= 0.6 is 23.4 Å².